The van der Waals surface area contributed by atoms with E-state index in [9.17, 15) is 8.42 Å². The second-order valence-electron chi connectivity index (χ2n) is 4.49. The van der Waals surface area contributed by atoms with Crippen molar-refractivity contribution in [2.24, 2.45) is 0 Å². The van der Waals surface area contributed by atoms with E-state index in [0.717, 1.165) is 0 Å². The fourth-order valence-electron chi connectivity index (χ4n) is 1.84. The van der Waals surface area contributed by atoms with Crippen molar-refractivity contribution < 1.29 is 8.42 Å². The Morgan fingerprint density at radius 3 is 2.16 bits per heavy atom. The van der Waals surface area contributed by atoms with Gasteiger partial charge in [0.25, 0.3) is 10.2 Å². The van der Waals surface area contributed by atoms with Crippen LogP contribution in [0.2, 0.25) is 0 Å². The summed E-state index contributed by atoms with van der Waals surface area (Å²) in [5, 5.41) is 0. The summed E-state index contributed by atoms with van der Waals surface area (Å²) in [6, 6.07) is 0. The molecular weight excluding hydrogens is 268 g/mol. The van der Waals surface area contributed by atoms with Crippen molar-refractivity contribution in [3.05, 3.63) is 12.4 Å². The summed E-state index contributed by atoms with van der Waals surface area (Å²) in [5.74, 6) is 0.580. The van der Waals surface area contributed by atoms with Crippen LogP contribution in [0.3, 0.4) is 0 Å². The molecule has 8 nitrogen and oxygen atoms in total. The van der Waals surface area contributed by atoms with E-state index < -0.39 is 10.2 Å². The summed E-state index contributed by atoms with van der Waals surface area (Å²) in [4.78, 5) is 10.2. The first-order valence-electron chi connectivity index (χ1n) is 5.91. The van der Waals surface area contributed by atoms with Gasteiger partial charge >= 0.3 is 0 Å². The maximum Gasteiger partial charge on any atom is 0.281 e. The molecule has 1 aromatic heterocycles. The minimum atomic E-state index is -3.33. The first kappa shape index (κ1) is 14.0. The maximum atomic E-state index is 12.0. The van der Waals surface area contributed by atoms with Crippen molar-refractivity contribution in [2.45, 2.75) is 0 Å². The van der Waals surface area contributed by atoms with Crippen molar-refractivity contribution in [3.8, 4) is 0 Å². The van der Waals surface area contributed by atoms with Crippen molar-refractivity contribution in [1.82, 2.24) is 18.6 Å². The first-order chi connectivity index (χ1) is 8.91. The highest BCUT2D eigenvalue weighted by molar-refractivity contribution is 7.86. The Morgan fingerprint density at radius 1 is 1.16 bits per heavy atom. The van der Waals surface area contributed by atoms with Gasteiger partial charge in [-0.1, -0.05) is 0 Å². The Balaban J connectivity index is 2.02. The fraction of sp³-hybridized carbons (Fsp3) is 0.600. The van der Waals surface area contributed by atoms with Gasteiger partial charge in [-0.3, -0.25) is 0 Å². The second-order valence-corrected chi connectivity index (χ2v) is 6.64. The molecule has 106 valence electrons. The Hall–Kier alpha value is -1.45. The topological polar surface area (TPSA) is 95.7 Å². The molecule has 1 aromatic rings. The van der Waals surface area contributed by atoms with Crippen LogP contribution in [0.1, 0.15) is 0 Å². The first-order valence-corrected chi connectivity index (χ1v) is 7.31. The molecule has 1 saturated heterocycles. The number of nitrogens with two attached hydrogens (primary N) is 1. The molecule has 0 bridgehead atoms. The Kier molecular flexibility index (Phi) is 3.88. The zero-order chi connectivity index (χ0) is 14.0. The number of aromatic nitrogens is 2. The largest absolute Gasteiger partial charge is 0.396 e. The highest BCUT2D eigenvalue weighted by Gasteiger charge is 2.29. The maximum absolute atomic E-state index is 12.0. The van der Waals surface area contributed by atoms with E-state index >= 15 is 0 Å². The number of nitrogens with zero attached hydrogens (tertiary/aromatic N) is 5. The molecule has 0 spiro atoms. The summed E-state index contributed by atoms with van der Waals surface area (Å²) in [6.45, 7) is 1.98. The lowest BCUT2D eigenvalue weighted by molar-refractivity contribution is 0.354. The van der Waals surface area contributed by atoms with Crippen LogP contribution in [0.25, 0.3) is 0 Å². The second kappa shape index (κ2) is 5.27. The van der Waals surface area contributed by atoms with Gasteiger partial charge in [0.15, 0.2) is 0 Å². The molecule has 2 heterocycles. The molecule has 0 unspecified atom stereocenters. The van der Waals surface area contributed by atoms with E-state index in [1.807, 2.05) is 4.90 Å². The summed E-state index contributed by atoms with van der Waals surface area (Å²) >= 11 is 0. The molecule has 0 atom stereocenters. The average Bonchev–Trinajstić information content (AvgIpc) is 2.39. The SMILES string of the molecule is CN(C)S(=O)(=O)N1CCN(c2ncc(N)cn2)CC1. The standard InChI is InChI=1S/C10H18N6O2S/c1-14(2)19(17,18)16-5-3-15(4-6-16)10-12-7-9(11)8-13-10/h7-8H,3-6,11H2,1-2H3. The van der Waals surface area contributed by atoms with Crippen LogP contribution in [-0.4, -0.2) is 67.3 Å². The van der Waals surface area contributed by atoms with Crippen LogP contribution >= 0.6 is 0 Å². The summed E-state index contributed by atoms with van der Waals surface area (Å²) in [7, 11) is -0.268. The van der Waals surface area contributed by atoms with E-state index in [-0.39, 0.29) is 0 Å². The van der Waals surface area contributed by atoms with Crippen LogP contribution < -0.4 is 10.6 Å². The number of anilines is 2. The summed E-state index contributed by atoms with van der Waals surface area (Å²) in [6.07, 6.45) is 3.09. The van der Waals surface area contributed by atoms with E-state index in [2.05, 4.69) is 9.97 Å². The number of hydrogen-bond acceptors (Lipinski definition) is 6. The smallest absolute Gasteiger partial charge is 0.281 e. The third-order valence-corrected chi connectivity index (χ3v) is 4.91. The van der Waals surface area contributed by atoms with Crippen LogP contribution in [0.5, 0.6) is 0 Å². The van der Waals surface area contributed by atoms with Gasteiger partial charge in [-0.2, -0.15) is 17.0 Å². The van der Waals surface area contributed by atoms with Gasteiger partial charge in [-0.15, -0.1) is 0 Å². The van der Waals surface area contributed by atoms with Gasteiger partial charge in [0, 0.05) is 40.3 Å². The normalized spacial score (nSPS) is 17.9. The molecule has 1 aliphatic heterocycles. The molecule has 19 heavy (non-hydrogen) atoms. The molecule has 0 aromatic carbocycles. The molecule has 0 saturated carbocycles. The van der Waals surface area contributed by atoms with Crippen molar-refractivity contribution >= 4 is 21.8 Å². The van der Waals surface area contributed by atoms with Crippen LogP contribution in [-0.2, 0) is 10.2 Å². The van der Waals surface area contributed by atoms with Gasteiger partial charge in [0.2, 0.25) is 5.95 Å². The van der Waals surface area contributed by atoms with Gasteiger partial charge in [-0.05, 0) is 0 Å². The molecule has 0 radical (unpaired) electrons. The Bertz CT molecular complexity index is 521. The number of rotatable bonds is 3. The van der Waals surface area contributed by atoms with E-state index in [1.54, 1.807) is 12.4 Å². The zero-order valence-corrected chi connectivity index (χ0v) is 11.8. The van der Waals surface area contributed by atoms with E-state index in [4.69, 9.17) is 5.73 Å². The van der Waals surface area contributed by atoms with Crippen molar-refractivity contribution in [3.63, 3.8) is 0 Å². The average molecular weight is 286 g/mol. The lowest BCUT2D eigenvalue weighted by Crippen LogP contribution is -2.52. The minimum Gasteiger partial charge on any atom is -0.396 e. The molecule has 2 N–H and O–H groups in total. The molecule has 9 heteroatoms. The van der Waals surface area contributed by atoms with Crippen LogP contribution in [0.15, 0.2) is 12.4 Å². The molecule has 1 fully saturated rings. The van der Waals surface area contributed by atoms with Gasteiger partial charge < -0.3 is 10.6 Å². The Labute approximate surface area is 113 Å². The fourth-order valence-corrected chi connectivity index (χ4v) is 2.93. The summed E-state index contributed by atoms with van der Waals surface area (Å²) in [5.41, 5.74) is 6.04. The van der Waals surface area contributed by atoms with E-state index in [0.29, 0.717) is 37.8 Å². The predicted octanol–water partition coefficient (Wildman–Crippen LogP) is -1.01. The number of nitrogen functional groups attached to an aromatic ring is 1. The van der Waals surface area contributed by atoms with Gasteiger partial charge in [0.1, 0.15) is 0 Å². The van der Waals surface area contributed by atoms with Crippen molar-refractivity contribution in [2.75, 3.05) is 50.9 Å². The third kappa shape index (κ3) is 2.94. The molecular formula is C10H18N6O2S. The van der Waals surface area contributed by atoms with E-state index in [1.165, 1.54) is 22.7 Å². The highest BCUT2D eigenvalue weighted by Crippen LogP contribution is 2.14. The molecule has 0 aliphatic carbocycles. The lowest BCUT2D eigenvalue weighted by atomic mass is 10.4. The van der Waals surface area contributed by atoms with Gasteiger partial charge in [-0.25, -0.2) is 9.97 Å². The third-order valence-electron chi connectivity index (χ3n) is 2.97. The lowest BCUT2D eigenvalue weighted by Gasteiger charge is -2.35. The van der Waals surface area contributed by atoms with Gasteiger partial charge in [0.05, 0.1) is 18.1 Å². The molecule has 2 rings (SSSR count). The van der Waals surface area contributed by atoms with Crippen molar-refractivity contribution in [1.29, 1.82) is 0 Å². The highest BCUT2D eigenvalue weighted by atomic mass is 32.2. The van der Waals surface area contributed by atoms with Crippen LogP contribution in [0.4, 0.5) is 11.6 Å². The summed E-state index contributed by atoms with van der Waals surface area (Å²) < 4.78 is 26.6. The predicted molar refractivity (Wildman–Crippen MR) is 72.8 cm³/mol. The number of hydrogen-bond donors (Lipinski definition) is 1. The molecule has 0 amide bonds. The Morgan fingerprint density at radius 2 is 1.68 bits per heavy atom. The zero-order valence-electron chi connectivity index (χ0n) is 11.0. The minimum absolute atomic E-state index is 0.425. The monoisotopic (exact) mass is 286 g/mol. The quantitative estimate of drug-likeness (QED) is 0.764. The van der Waals surface area contributed by atoms with Crippen LogP contribution in [0, 0.1) is 0 Å². The number of piperazine rings is 1. The molecule has 1 aliphatic rings.